The highest BCUT2D eigenvalue weighted by Crippen LogP contribution is 2.24. The van der Waals surface area contributed by atoms with Gasteiger partial charge in [-0.25, -0.2) is 9.37 Å². The molecule has 3 N–H and O–H groups in total. The number of hydrogen-bond acceptors (Lipinski definition) is 5. The Balaban J connectivity index is 2.04. The first kappa shape index (κ1) is 13.3. The molecule has 0 amide bonds. The number of imidazole rings is 1. The van der Waals surface area contributed by atoms with Gasteiger partial charge in [-0.05, 0) is 37.6 Å². The first-order chi connectivity index (χ1) is 10.2. The fourth-order valence-electron chi connectivity index (χ4n) is 2.11. The molecule has 0 aliphatic rings. The lowest BCUT2D eigenvalue weighted by Crippen LogP contribution is -2.05. The molecular formula is C14H15FN6. The second kappa shape index (κ2) is 5.35. The summed E-state index contributed by atoms with van der Waals surface area (Å²) in [6.07, 6.45) is 1.55. The number of halogens is 1. The number of nitrogens with zero attached hydrogens (tertiary/aromatic N) is 3. The Morgan fingerprint density at radius 2 is 2.10 bits per heavy atom. The van der Waals surface area contributed by atoms with Crippen LogP contribution in [0.4, 0.5) is 21.8 Å². The molecule has 0 radical (unpaired) electrons. The molecule has 0 bridgehead atoms. The lowest BCUT2D eigenvalue weighted by atomic mass is 10.2. The van der Waals surface area contributed by atoms with E-state index in [-0.39, 0.29) is 5.82 Å². The fourth-order valence-corrected chi connectivity index (χ4v) is 2.11. The Morgan fingerprint density at radius 1 is 1.24 bits per heavy atom. The number of aromatic amines is 1. The van der Waals surface area contributed by atoms with Crippen LogP contribution in [-0.4, -0.2) is 26.5 Å². The molecule has 6 nitrogen and oxygen atoms in total. The number of benzene rings is 1. The van der Waals surface area contributed by atoms with E-state index in [2.05, 4.69) is 30.6 Å². The second-order valence-corrected chi connectivity index (χ2v) is 4.67. The van der Waals surface area contributed by atoms with Crippen molar-refractivity contribution in [3.05, 3.63) is 35.9 Å². The van der Waals surface area contributed by atoms with E-state index in [1.807, 2.05) is 19.9 Å². The van der Waals surface area contributed by atoms with E-state index in [4.69, 9.17) is 0 Å². The van der Waals surface area contributed by atoms with Gasteiger partial charge in [0.15, 0.2) is 11.5 Å². The summed E-state index contributed by atoms with van der Waals surface area (Å²) in [6, 6.07) is 4.74. The SMILES string of the molecule is CCNc1nc(Nc2cc(C)cc(F)c2)c2[nH]cnc2n1. The summed E-state index contributed by atoms with van der Waals surface area (Å²) >= 11 is 0. The van der Waals surface area contributed by atoms with Crippen LogP contribution in [0, 0.1) is 12.7 Å². The number of fused-ring (bicyclic) bond motifs is 1. The number of anilines is 3. The van der Waals surface area contributed by atoms with Crippen LogP contribution >= 0.6 is 0 Å². The number of H-pyrrole nitrogens is 1. The molecule has 0 spiro atoms. The van der Waals surface area contributed by atoms with Crippen molar-refractivity contribution in [3.8, 4) is 0 Å². The molecule has 0 fully saturated rings. The summed E-state index contributed by atoms with van der Waals surface area (Å²) in [5, 5.41) is 6.16. The van der Waals surface area contributed by atoms with Gasteiger partial charge in [0, 0.05) is 12.2 Å². The van der Waals surface area contributed by atoms with Gasteiger partial charge >= 0.3 is 0 Å². The van der Waals surface area contributed by atoms with Gasteiger partial charge in [-0.2, -0.15) is 9.97 Å². The van der Waals surface area contributed by atoms with Crippen molar-refractivity contribution >= 4 is 28.6 Å². The molecule has 2 heterocycles. The van der Waals surface area contributed by atoms with Crippen LogP contribution in [0.1, 0.15) is 12.5 Å². The number of rotatable bonds is 4. The smallest absolute Gasteiger partial charge is 0.226 e. The second-order valence-electron chi connectivity index (χ2n) is 4.67. The van der Waals surface area contributed by atoms with Crippen molar-refractivity contribution in [2.24, 2.45) is 0 Å². The van der Waals surface area contributed by atoms with E-state index < -0.39 is 0 Å². The first-order valence-electron chi connectivity index (χ1n) is 6.65. The summed E-state index contributed by atoms with van der Waals surface area (Å²) < 4.78 is 13.5. The largest absolute Gasteiger partial charge is 0.354 e. The molecule has 7 heteroatoms. The van der Waals surface area contributed by atoms with Gasteiger partial charge in [0.1, 0.15) is 11.3 Å². The predicted molar refractivity (Wildman–Crippen MR) is 80.3 cm³/mol. The van der Waals surface area contributed by atoms with Crippen molar-refractivity contribution in [1.29, 1.82) is 0 Å². The molecule has 0 saturated carbocycles. The Labute approximate surface area is 120 Å². The minimum atomic E-state index is -0.292. The maximum Gasteiger partial charge on any atom is 0.226 e. The molecule has 1 aromatic carbocycles. The van der Waals surface area contributed by atoms with Gasteiger partial charge < -0.3 is 15.6 Å². The van der Waals surface area contributed by atoms with E-state index in [0.717, 1.165) is 5.56 Å². The molecule has 3 aromatic rings. The molecule has 21 heavy (non-hydrogen) atoms. The first-order valence-corrected chi connectivity index (χ1v) is 6.65. The molecule has 0 aliphatic heterocycles. The van der Waals surface area contributed by atoms with E-state index in [9.17, 15) is 4.39 Å². The predicted octanol–water partition coefficient (Wildman–Crippen LogP) is 2.98. The third-order valence-corrected chi connectivity index (χ3v) is 2.93. The monoisotopic (exact) mass is 286 g/mol. The van der Waals surface area contributed by atoms with E-state index in [0.29, 0.717) is 35.2 Å². The average molecular weight is 286 g/mol. The Hall–Kier alpha value is -2.70. The molecule has 0 atom stereocenters. The molecule has 0 saturated heterocycles. The zero-order valence-corrected chi connectivity index (χ0v) is 11.7. The standard InChI is InChI=1S/C14H15FN6/c1-3-16-14-20-12-11(17-7-18-12)13(21-14)19-10-5-8(2)4-9(15)6-10/h4-7H,3H2,1-2H3,(H3,16,17,18,19,20,21). The van der Waals surface area contributed by atoms with Crippen LogP contribution in [0.15, 0.2) is 24.5 Å². The molecular weight excluding hydrogens is 271 g/mol. The quantitative estimate of drug-likeness (QED) is 0.687. The molecule has 108 valence electrons. The third-order valence-electron chi connectivity index (χ3n) is 2.93. The number of nitrogens with one attached hydrogen (secondary N) is 3. The van der Waals surface area contributed by atoms with Gasteiger partial charge in [-0.1, -0.05) is 0 Å². The highest BCUT2D eigenvalue weighted by molar-refractivity contribution is 5.86. The van der Waals surface area contributed by atoms with Crippen molar-refractivity contribution < 1.29 is 4.39 Å². The van der Waals surface area contributed by atoms with Gasteiger partial charge in [0.2, 0.25) is 5.95 Å². The summed E-state index contributed by atoms with van der Waals surface area (Å²) in [7, 11) is 0. The van der Waals surface area contributed by atoms with E-state index in [1.54, 1.807) is 6.33 Å². The summed E-state index contributed by atoms with van der Waals surface area (Å²) in [6.45, 7) is 4.50. The molecule has 3 rings (SSSR count). The molecule has 0 unspecified atom stereocenters. The summed E-state index contributed by atoms with van der Waals surface area (Å²) in [4.78, 5) is 15.8. The van der Waals surface area contributed by atoms with Crippen LogP contribution in [-0.2, 0) is 0 Å². The molecule has 0 aliphatic carbocycles. The van der Waals surface area contributed by atoms with E-state index in [1.165, 1.54) is 12.1 Å². The van der Waals surface area contributed by atoms with Crippen LogP contribution in [0.2, 0.25) is 0 Å². The van der Waals surface area contributed by atoms with Crippen molar-refractivity contribution in [2.75, 3.05) is 17.2 Å². The zero-order valence-electron chi connectivity index (χ0n) is 11.7. The maximum absolute atomic E-state index is 13.5. The fraction of sp³-hybridized carbons (Fsp3) is 0.214. The number of hydrogen-bond donors (Lipinski definition) is 3. The minimum absolute atomic E-state index is 0.292. The molecule has 2 aromatic heterocycles. The number of aromatic nitrogens is 4. The van der Waals surface area contributed by atoms with Crippen LogP contribution in [0.3, 0.4) is 0 Å². The Morgan fingerprint density at radius 3 is 2.86 bits per heavy atom. The van der Waals surface area contributed by atoms with E-state index >= 15 is 0 Å². The highest BCUT2D eigenvalue weighted by Gasteiger charge is 2.10. The van der Waals surface area contributed by atoms with Crippen LogP contribution < -0.4 is 10.6 Å². The van der Waals surface area contributed by atoms with Crippen molar-refractivity contribution in [2.45, 2.75) is 13.8 Å². The van der Waals surface area contributed by atoms with Gasteiger partial charge in [-0.3, -0.25) is 0 Å². The summed E-state index contributed by atoms with van der Waals surface area (Å²) in [5.41, 5.74) is 2.69. The lowest BCUT2D eigenvalue weighted by Gasteiger charge is -2.09. The summed E-state index contributed by atoms with van der Waals surface area (Å²) in [5.74, 6) is 0.741. The van der Waals surface area contributed by atoms with Crippen LogP contribution in [0.5, 0.6) is 0 Å². The van der Waals surface area contributed by atoms with Gasteiger partial charge in [0.25, 0.3) is 0 Å². The number of aryl methyl sites for hydroxylation is 1. The van der Waals surface area contributed by atoms with Crippen LogP contribution in [0.25, 0.3) is 11.2 Å². The zero-order chi connectivity index (χ0) is 14.8. The van der Waals surface area contributed by atoms with Crippen molar-refractivity contribution in [3.63, 3.8) is 0 Å². The Bertz CT molecular complexity index is 762. The normalized spacial score (nSPS) is 10.8. The minimum Gasteiger partial charge on any atom is -0.354 e. The average Bonchev–Trinajstić information content (AvgIpc) is 2.86. The highest BCUT2D eigenvalue weighted by atomic mass is 19.1. The van der Waals surface area contributed by atoms with Crippen molar-refractivity contribution in [1.82, 2.24) is 19.9 Å². The maximum atomic E-state index is 13.5. The third kappa shape index (κ3) is 2.76. The van der Waals surface area contributed by atoms with Gasteiger partial charge in [-0.15, -0.1) is 0 Å². The van der Waals surface area contributed by atoms with Gasteiger partial charge in [0.05, 0.1) is 6.33 Å². The topological polar surface area (TPSA) is 78.5 Å². The Kier molecular flexibility index (Phi) is 3.39. The lowest BCUT2D eigenvalue weighted by molar-refractivity contribution is 0.627.